The number of hydrogen-bond acceptors (Lipinski definition) is 5. The fraction of sp³-hybridized carbons (Fsp3) is 0.708. The van der Waals surface area contributed by atoms with Crippen LogP contribution in [0.2, 0.25) is 0 Å². The number of ether oxygens (including phenoxy) is 1. The summed E-state index contributed by atoms with van der Waals surface area (Å²) < 4.78 is 7.03. The topological polar surface area (TPSA) is 110 Å². The van der Waals surface area contributed by atoms with E-state index in [1.165, 1.54) is 18.5 Å². The van der Waals surface area contributed by atoms with Gasteiger partial charge in [0.1, 0.15) is 0 Å². The van der Waals surface area contributed by atoms with Gasteiger partial charge < -0.3 is 4.74 Å². The van der Waals surface area contributed by atoms with E-state index in [1.54, 1.807) is 0 Å². The third kappa shape index (κ3) is 3.75. The molecule has 3 aliphatic rings. The molecule has 3 aliphatic carbocycles. The van der Waals surface area contributed by atoms with E-state index < -0.39 is 0 Å². The summed E-state index contributed by atoms with van der Waals surface area (Å²) in [6, 6.07) is 0. The number of allylic oxidation sites excluding steroid dienone is 2. The second-order valence-electron chi connectivity index (χ2n) is 10.4. The molecule has 6 atom stereocenters. The average Bonchev–Trinajstić information content (AvgIpc) is 3.32. The van der Waals surface area contributed by atoms with Crippen LogP contribution in [0.3, 0.4) is 0 Å². The van der Waals surface area contributed by atoms with Crippen LogP contribution in [-0.4, -0.2) is 34.8 Å². The molecule has 0 N–H and O–H groups in total. The van der Waals surface area contributed by atoms with E-state index in [0.717, 1.165) is 36.9 Å². The van der Waals surface area contributed by atoms with Crippen molar-refractivity contribution in [3.8, 4) is 0 Å². The Labute approximate surface area is 189 Å². The first kappa shape index (κ1) is 22.6. The first-order valence-corrected chi connectivity index (χ1v) is 11.6. The Hall–Kier alpha value is -2.60. The lowest BCUT2D eigenvalue weighted by Gasteiger charge is -2.55. The molecule has 32 heavy (non-hydrogen) atoms. The van der Waals surface area contributed by atoms with Crippen molar-refractivity contribution in [2.75, 3.05) is 13.2 Å². The summed E-state index contributed by atoms with van der Waals surface area (Å²) in [7, 11) is 0. The predicted octanol–water partition coefficient (Wildman–Crippen LogP) is 4.75. The summed E-state index contributed by atoms with van der Waals surface area (Å²) in [4.78, 5) is 26.9. The summed E-state index contributed by atoms with van der Waals surface area (Å²) >= 11 is 0. The molecule has 0 saturated heterocycles. The van der Waals surface area contributed by atoms with E-state index >= 15 is 0 Å². The van der Waals surface area contributed by atoms with Crippen LogP contribution in [-0.2, 0) is 22.4 Å². The number of hydrogen-bond donors (Lipinski definition) is 0. The van der Waals surface area contributed by atoms with E-state index in [-0.39, 0.29) is 34.5 Å². The zero-order valence-electron chi connectivity index (χ0n) is 19.5. The van der Waals surface area contributed by atoms with Gasteiger partial charge in [-0.3, -0.25) is 9.59 Å². The van der Waals surface area contributed by atoms with Gasteiger partial charge in [-0.15, -0.1) is 0 Å². The highest BCUT2D eigenvalue weighted by molar-refractivity contribution is 5.76. The number of carbonyl (C=O) groups is 2. The van der Waals surface area contributed by atoms with Gasteiger partial charge >= 0.3 is 5.97 Å². The van der Waals surface area contributed by atoms with Gasteiger partial charge in [0.15, 0.2) is 0 Å². The summed E-state index contributed by atoms with van der Waals surface area (Å²) in [6.07, 6.45) is 11.0. The van der Waals surface area contributed by atoms with Gasteiger partial charge in [-0.25, -0.2) is 4.68 Å². The maximum Gasteiger partial charge on any atom is 0.302 e. The molecule has 4 rings (SSSR count). The van der Waals surface area contributed by atoms with E-state index in [2.05, 4.69) is 41.1 Å². The van der Waals surface area contributed by atoms with Crippen LogP contribution in [0.4, 0.5) is 0 Å². The molecule has 1 fully saturated rings. The van der Waals surface area contributed by atoms with E-state index in [9.17, 15) is 9.59 Å². The van der Waals surface area contributed by atoms with Gasteiger partial charge in [0.05, 0.1) is 18.5 Å². The maximum absolute atomic E-state index is 12.1. The van der Waals surface area contributed by atoms with Gasteiger partial charge in [-0.2, -0.15) is 5.10 Å². The van der Waals surface area contributed by atoms with Crippen LogP contribution in [0.1, 0.15) is 63.0 Å². The first-order valence-electron chi connectivity index (χ1n) is 11.6. The van der Waals surface area contributed by atoms with Gasteiger partial charge in [-0.05, 0) is 71.8 Å². The highest BCUT2D eigenvalue weighted by Crippen LogP contribution is 2.60. The van der Waals surface area contributed by atoms with Crippen LogP contribution in [0.5, 0.6) is 0 Å². The number of carbonyl (C=O) groups excluding carboxylic acids is 2. The van der Waals surface area contributed by atoms with E-state index in [0.29, 0.717) is 31.4 Å². The summed E-state index contributed by atoms with van der Waals surface area (Å²) in [5, 5.41) is 8.39. The molecule has 0 aromatic carbocycles. The van der Waals surface area contributed by atoms with E-state index in [1.807, 2.05) is 6.20 Å². The largest absolute Gasteiger partial charge is 0.466 e. The Kier molecular flexibility index (Phi) is 5.93. The van der Waals surface area contributed by atoms with Gasteiger partial charge in [0, 0.05) is 31.2 Å². The second-order valence-corrected chi connectivity index (χ2v) is 10.4. The van der Waals surface area contributed by atoms with Crippen molar-refractivity contribution in [2.24, 2.45) is 39.6 Å². The number of fused-ring (bicyclic) bond motifs is 2. The molecule has 0 spiro atoms. The Bertz CT molecular complexity index is 994. The number of rotatable bonds is 5. The SMILES string of the molecule is CC(=O)OC[C@H]1Cc2c(cnn2C(C)=O)C[C@]1(C)[C@H]1CC[C@]2(C)C=CC[C@H]2[C@@H]1CN=[N+]=[N-]. The molecule has 0 radical (unpaired) electrons. The molecule has 8 nitrogen and oxygen atoms in total. The smallest absolute Gasteiger partial charge is 0.302 e. The molecule has 1 aromatic rings. The molecule has 0 amide bonds. The molecule has 1 saturated carbocycles. The molecule has 8 heteroatoms. The highest BCUT2D eigenvalue weighted by Gasteiger charge is 2.55. The van der Waals surface area contributed by atoms with E-state index in [4.69, 9.17) is 10.3 Å². The fourth-order valence-electron chi connectivity index (χ4n) is 6.94. The highest BCUT2D eigenvalue weighted by atomic mass is 16.5. The zero-order chi connectivity index (χ0) is 23.1. The third-order valence-corrected chi connectivity index (χ3v) is 8.65. The van der Waals surface area contributed by atoms with Crippen molar-refractivity contribution >= 4 is 11.9 Å². The van der Waals surface area contributed by atoms with Crippen LogP contribution >= 0.6 is 0 Å². The quantitative estimate of drug-likeness (QED) is 0.217. The minimum atomic E-state index is -0.292. The van der Waals surface area contributed by atoms with Crippen molar-refractivity contribution in [1.29, 1.82) is 0 Å². The maximum atomic E-state index is 12.1. The monoisotopic (exact) mass is 439 g/mol. The second kappa shape index (κ2) is 8.39. The van der Waals surface area contributed by atoms with Crippen LogP contribution in [0.25, 0.3) is 10.4 Å². The van der Waals surface area contributed by atoms with Crippen LogP contribution in [0.15, 0.2) is 23.5 Å². The minimum absolute atomic E-state index is 0.0611. The molecular formula is C24H33N5O3. The lowest BCUT2D eigenvalue weighted by atomic mass is 9.49. The Morgan fingerprint density at radius 3 is 2.81 bits per heavy atom. The van der Waals surface area contributed by atoms with Crippen molar-refractivity contribution in [2.45, 2.75) is 59.8 Å². The first-order chi connectivity index (χ1) is 15.2. The average molecular weight is 440 g/mol. The number of azide groups is 1. The Morgan fingerprint density at radius 2 is 2.12 bits per heavy atom. The Balaban J connectivity index is 1.73. The number of esters is 1. The zero-order valence-corrected chi connectivity index (χ0v) is 19.5. The van der Waals surface area contributed by atoms with Crippen LogP contribution in [0, 0.1) is 34.5 Å². The predicted molar refractivity (Wildman–Crippen MR) is 120 cm³/mol. The van der Waals surface area contributed by atoms with Gasteiger partial charge in [0.25, 0.3) is 0 Å². The normalized spacial score (nSPS) is 35.5. The lowest BCUT2D eigenvalue weighted by molar-refractivity contribution is -0.145. The summed E-state index contributed by atoms with van der Waals surface area (Å²) in [5.74, 6) is 0.687. The molecule has 172 valence electrons. The number of aromatic nitrogens is 2. The summed E-state index contributed by atoms with van der Waals surface area (Å²) in [5.41, 5.74) is 11.1. The minimum Gasteiger partial charge on any atom is -0.466 e. The third-order valence-electron chi connectivity index (χ3n) is 8.65. The molecular weight excluding hydrogens is 406 g/mol. The standard InChI is InChI=1S/C24H33N5O3/c1-15(30)29-22-10-18(14-32-16(2)31)24(4,11-17(22)12-27-29)21-7-9-23(3)8-5-6-20(23)19(21)13-26-28-25/h5,8,12,18-21H,6-7,9-11,13-14H2,1-4H3/t18-,19+,20+,21+,23+,24+/m1/s1. The summed E-state index contributed by atoms with van der Waals surface area (Å²) in [6.45, 7) is 8.39. The lowest BCUT2D eigenvalue weighted by Crippen LogP contribution is -2.52. The molecule has 1 aromatic heterocycles. The van der Waals surface area contributed by atoms with Crippen molar-refractivity contribution in [1.82, 2.24) is 9.78 Å². The molecule has 0 bridgehead atoms. The van der Waals surface area contributed by atoms with Crippen LogP contribution < -0.4 is 0 Å². The molecule has 0 aliphatic heterocycles. The van der Waals surface area contributed by atoms with Gasteiger partial charge in [-0.1, -0.05) is 31.1 Å². The molecule has 0 unspecified atom stereocenters. The molecule has 1 heterocycles. The van der Waals surface area contributed by atoms with Crippen molar-refractivity contribution in [3.05, 3.63) is 40.0 Å². The number of nitrogens with zero attached hydrogens (tertiary/aromatic N) is 5. The van der Waals surface area contributed by atoms with Crippen molar-refractivity contribution in [3.63, 3.8) is 0 Å². The fourth-order valence-corrected chi connectivity index (χ4v) is 6.94. The van der Waals surface area contributed by atoms with Crippen molar-refractivity contribution < 1.29 is 14.3 Å². The Morgan fingerprint density at radius 1 is 1.34 bits per heavy atom. The van der Waals surface area contributed by atoms with Gasteiger partial charge in [0.2, 0.25) is 5.91 Å².